The first kappa shape index (κ1) is 23.5. The van der Waals surface area contributed by atoms with Gasteiger partial charge in [0.1, 0.15) is 5.75 Å². The van der Waals surface area contributed by atoms with Crippen molar-refractivity contribution in [3.8, 4) is 5.75 Å². The van der Waals surface area contributed by atoms with E-state index in [1.165, 1.54) is 5.56 Å². The van der Waals surface area contributed by atoms with E-state index in [4.69, 9.17) is 4.74 Å². The molecule has 1 saturated heterocycles. The zero-order valence-electron chi connectivity index (χ0n) is 19.3. The van der Waals surface area contributed by atoms with Gasteiger partial charge in [0, 0.05) is 19.6 Å². The Morgan fingerprint density at radius 2 is 1.59 bits per heavy atom. The van der Waals surface area contributed by atoms with Crippen LogP contribution in [0.2, 0.25) is 0 Å². The lowest BCUT2D eigenvalue weighted by Gasteiger charge is -2.45. The Hall–Kier alpha value is -2.28. The molecule has 1 N–H and O–H groups in total. The molecule has 2 bridgehead atoms. The van der Waals surface area contributed by atoms with Gasteiger partial charge in [-0.15, -0.1) is 0 Å². The van der Waals surface area contributed by atoms with E-state index in [2.05, 4.69) is 23.1 Å². The lowest BCUT2D eigenvalue weighted by molar-refractivity contribution is -0.185. The Labute approximate surface area is 198 Å². The Balaban J connectivity index is 1.21. The summed E-state index contributed by atoms with van der Waals surface area (Å²) in [6.07, 6.45) is 0.0120. The summed E-state index contributed by atoms with van der Waals surface area (Å²) in [5.74, 6) is -0.820. The van der Waals surface area contributed by atoms with Gasteiger partial charge in [-0.3, -0.25) is 9.69 Å². The van der Waals surface area contributed by atoms with Crippen molar-refractivity contribution in [2.45, 2.75) is 63.8 Å². The smallest absolute Gasteiger partial charge is 0.391 e. The minimum absolute atomic E-state index is 0.135. The van der Waals surface area contributed by atoms with Crippen molar-refractivity contribution < 1.29 is 27.8 Å². The second-order valence-corrected chi connectivity index (χ2v) is 10.5. The Kier molecular flexibility index (Phi) is 6.49. The molecule has 7 heteroatoms. The van der Waals surface area contributed by atoms with Gasteiger partial charge in [0.05, 0.1) is 17.9 Å². The zero-order chi connectivity index (χ0) is 23.9. The third-order valence-electron chi connectivity index (χ3n) is 8.16. The number of rotatable bonds is 5. The molecule has 2 aromatic rings. The number of carbonyl (C=O) groups is 1. The average molecular weight is 476 g/mol. The highest BCUT2D eigenvalue weighted by atomic mass is 19.4. The van der Waals surface area contributed by atoms with E-state index < -0.39 is 18.1 Å². The predicted octanol–water partition coefficient (Wildman–Crippen LogP) is 6.27. The number of halogens is 3. The number of fused-ring (bicyclic) bond motifs is 3. The maximum atomic E-state index is 12.9. The van der Waals surface area contributed by atoms with Crippen LogP contribution in [0, 0.1) is 23.7 Å². The monoisotopic (exact) mass is 475 g/mol. The fourth-order valence-electron chi connectivity index (χ4n) is 6.47. The number of piperidine rings is 1. The number of hydrogen-bond donors (Lipinski definition) is 1. The van der Waals surface area contributed by atoms with E-state index in [-0.39, 0.29) is 36.7 Å². The Bertz CT molecular complexity index is 1020. The van der Waals surface area contributed by atoms with Gasteiger partial charge < -0.3 is 9.84 Å². The highest BCUT2D eigenvalue weighted by molar-refractivity contribution is 5.84. The van der Waals surface area contributed by atoms with Crippen LogP contribution in [0.4, 0.5) is 13.2 Å². The maximum absolute atomic E-state index is 12.9. The summed E-state index contributed by atoms with van der Waals surface area (Å²) in [7, 11) is 0. The minimum atomic E-state index is -4.10. The highest BCUT2D eigenvalue weighted by Gasteiger charge is 2.43. The minimum Gasteiger partial charge on any atom is -0.490 e. The average Bonchev–Trinajstić information content (AvgIpc) is 2.78. The number of hydrogen-bond acceptors (Lipinski definition) is 3. The molecule has 2 saturated carbocycles. The number of likely N-dealkylation sites (tertiary alicyclic amines) is 1. The summed E-state index contributed by atoms with van der Waals surface area (Å²) >= 11 is 0. The van der Waals surface area contributed by atoms with E-state index in [1.54, 1.807) is 0 Å². The molecule has 5 rings (SSSR count). The molecule has 1 aliphatic heterocycles. The molecule has 0 radical (unpaired) electrons. The summed E-state index contributed by atoms with van der Waals surface area (Å²) in [5.41, 5.74) is 1.21. The summed E-state index contributed by atoms with van der Waals surface area (Å²) in [5, 5.41) is 11.8. The topological polar surface area (TPSA) is 49.8 Å². The van der Waals surface area contributed by atoms with Crippen molar-refractivity contribution in [3.05, 3.63) is 42.0 Å². The standard InChI is InChI=1S/C27H32F3NO3/c28-27(29,30)22-7-10-23(11-8-22)34-24-9-6-18-12-17(4-5-19(18)13-24)14-31-15-20-2-1-3-21(16-31)25(20)26(32)33/h4-6,9,12-13,20-23,25H,1-3,7-8,10-11,14-16H2,(H,32,33)/t20?,21?,22-,23+,25?. The van der Waals surface area contributed by atoms with E-state index in [0.29, 0.717) is 18.6 Å². The number of carboxylic acids is 1. The summed E-state index contributed by atoms with van der Waals surface area (Å²) < 4.78 is 44.7. The highest BCUT2D eigenvalue weighted by Crippen LogP contribution is 2.41. The van der Waals surface area contributed by atoms with Crippen LogP contribution >= 0.6 is 0 Å². The normalized spacial score (nSPS) is 30.3. The van der Waals surface area contributed by atoms with Crippen LogP contribution in [0.1, 0.15) is 50.5 Å². The lowest BCUT2D eigenvalue weighted by Crippen LogP contribution is -2.50. The van der Waals surface area contributed by atoms with Crippen molar-refractivity contribution in [3.63, 3.8) is 0 Å². The molecular weight excluding hydrogens is 443 g/mol. The molecule has 0 aromatic heterocycles. The van der Waals surface area contributed by atoms with Gasteiger partial charge in [0.25, 0.3) is 0 Å². The molecule has 2 aliphatic carbocycles. The number of alkyl halides is 3. The van der Waals surface area contributed by atoms with Crippen molar-refractivity contribution in [2.24, 2.45) is 23.7 Å². The van der Waals surface area contributed by atoms with Crippen molar-refractivity contribution in [2.75, 3.05) is 13.1 Å². The summed E-state index contributed by atoms with van der Waals surface area (Å²) in [6, 6.07) is 12.2. The van der Waals surface area contributed by atoms with Crippen LogP contribution in [0.5, 0.6) is 5.75 Å². The second kappa shape index (κ2) is 9.40. The molecule has 0 spiro atoms. The first-order valence-electron chi connectivity index (χ1n) is 12.5. The largest absolute Gasteiger partial charge is 0.490 e. The first-order valence-corrected chi connectivity index (χ1v) is 12.5. The van der Waals surface area contributed by atoms with Gasteiger partial charge >= 0.3 is 12.1 Å². The van der Waals surface area contributed by atoms with E-state index in [9.17, 15) is 23.1 Å². The molecule has 1 heterocycles. The van der Waals surface area contributed by atoms with Crippen LogP contribution in [-0.4, -0.2) is 41.3 Å². The summed E-state index contributed by atoms with van der Waals surface area (Å²) in [6.45, 7) is 2.50. The van der Waals surface area contributed by atoms with Crippen LogP contribution in [0.25, 0.3) is 10.8 Å². The van der Waals surface area contributed by atoms with Crippen LogP contribution in [0.3, 0.4) is 0 Å². The molecule has 2 aromatic carbocycles. The van der Waals surface area contributed by atoms with Crippen LogP contribution in [-0.2, 0) is 11.3 Å². The summed E-state index contributed by atoms with van der Waals surface area (Å²) in [4.78, 5) is 14.1. The van der Waals surface area contributed by atoms with E-state index in [0.717, 1.165) is 49.7 Å². The Morgan fingerprint density at radius 3 is 2.24 bits per heavy atom. The van der Waals surface area contributed by atoms with Crippen molar-refractivity contribution >= 4 is 16.7 Å². The number of benzene rings is 2. The molecule has 0 amide bonds. The third kappa shape index (κ3) is 5.04. The fourth-order valence-corrected chi connectivity index (χ4v) is 6.47. The zero-order valence-corrected chi connectivity index (χ0v) is 19.3. The molecule has 3 fully saturated rings. The van der Waals surface area contributed by atoms with Crippen molar-refractivity contribution in [1.82, 2.24) is 4.90 Å². The fraction of sp³-hybridized carbons (Fsp3) is 0.593. The Morgan fingerprint density at radius 1 is 0.941 bits per heavy atom. The number of ether oxygens (including phenoxy) is 1. The molecule has 3 aliphatic rings. The third-order valence-corrected chi connectivity index (χ3v) is 8.16. The van der Waals surface area contributed by atoms with Gasteiger partial charge in [0.15, 0.2) is 0 Å². The molecule has 184 valence electrons. The molecule has 34 heavy (non-hydrogen) atoms. The van der Waals surface area contributed by atoms with Gasteiger partial charge in [0.2, 0.25) is 0 Å². The number of nitrogens with zero attached hydrogens (tertiary/aromatic N) is 1. The van der Waals surface area contributed by atoms with Crippen LogP contribution < -0.4 is 4.74 Å². The molecular formula is C27H32F3NO3. The number of carboxylic acid groups (broad SMARTS) is 1. The SMILES string of the molecule is O=C(O)C1C2CCCC1CN(Cc1ccc3cc(O[C@H]4CC[C@@H](C(F)(F)F)CC4)ccc3c1)C2. The number of aliphatic carboxylic acids is 1. The van der Waals surface area contributed by atoms with E-state index in [1.807, 2.05) is 18.2 Å². The predicted molar refractivity (Wildman–Crippen MR) is 124 cm³/mol. The van der Waals surface area contributed by atoms with Crippen molar-refractivity contribution in [1.29, 1.82) is 0 Å². The van der Waals surface area contributed by atoms with E-state index >= 15 is 0 Å². The lowest BCUT2D eigenvalue weighted by atomic mass is 9.69. The van der Waals surface area contributed by atoms with Gasteiger partial charge in [-0.2, -0.15) is 13.2 Å². The first-order chi connectivity index (χ1) is 16.3. The molecule has 2 atom stereocenters. The second-order valence-electron chi connectivity index (χ2n) is 10.5. The van der Waals surface area contributed by atoms with Gasteiger partial charge in [-0.25, -0.2) is 0 Å². The van der Waals surface area contributed by atoms with Gasteiger partial charge in [-0.1, -0.05) is 24.6 Å². The van der Waals surface area contributed by atoms with Crippen LogP contribution in [0.15, 0.2) is 36.4 Å². The molecule has 2 unspecified atom stereocenters. The van der Waals surface area contributed by atoms with Gasteiger partial charge in [-0.05, 0) is 84.9 Å². The quantitative estimate of drug-likeness (QED) is 0.554. The maximum Gasteiger partial charge on any atom is 0.391 e. The molecule has 4 nitrogen and oxygen atoms in total.